The van der Waals surface area contributed by atoms with E-state index in [0.29, 0.717) is 12.6 Å². The number of piperidine rings is 1. The average molecular weight is 220 g/mol. The molecule has 0 aromatic heterocycles. The zero-order valence-electron chi connectivity index (χ0n) is 8.32. The van der Waals surface area contributed by atoms with Crippen LogP contribution in [0.1, 0.15) is 19.8 Å². The number of hydrogen-bond acceptors (Lipinski definition) is 3. The highest BCUT2D eigenvalue weighted by atomic mass is 35.5. The fourth-order valence-electron chi connectivity index (χ4n) is 1.91. The maximum Gasteiger partial charge on any atom is 0.237 e. The first-order chi connectivity index (χ1) is 6.16. The molecule has 1 aliphatic heterocycles. The number of nitrogens with one attached hydrogen (secondary N) is 2. The number of carbonyl (C=O) groups excluding carboxylic acids is 1. The van der Waals surface area contributed by atoms with Crippen LogP contribution in [0.25, 0.3) is 0 Å². The molecule has 1 amide bonds. The number of halogens is 1. The number of carbonyl (C=O) groups is 1. The smallest absolute Gasteiger partial charge is 0.237 e. The number of nitrogens with two attached hydrogens (primary N) is 1. The van der Waals surface area contributed by atoms with Crippen molar-refractivity contribution < 1.29 is 4.79 Å². The minimum atomic E-state index is 0. The van der Waals surface area contributed by atoms with Crippen LogP contribution in [0, 0.1) is 5.92 Å². The van der Waals surface area contributed by atoms with E-state index in [0.717, 1.165) is 12.3 Å². The lowest BCUT2D eigenvalue weighted by Crippen LogP contribution is -2.45. The first-order valence-corrected chi connectivity index (χ1v) is 4.96. The largest absolute Gasteiger partial charge is 0.353 e. The minimum absolute atomic E-state index is 0. The first-order valence-electron chi connectivity index (χ1n) is 4.96. The molecule has 4 N–H and O–H groups in total. The monoisotopic (exact) mass is 219 g/mol. The van der Waals surface area contributed by atoms with E-state index in [1.807, 2.05) is 6.92 Å². The second-order valence-electron chi connectivity index (χ2n) is 4.28. The highest BCUT2D eigenvalue weighted by Crippen LogP contribution is 2.40. The molecule has 0 radical (unpaired) electrons. The molecule has 5 heteroatoms. The Bertz CT molecular complexity index is 212. The van der Waals surface area contributed by atoms with Crippen LogP contribution in [-0.2, 0) is 4.79 Å². The van der Waals surface area contributed by atoms with Crippen molar-refractivity contribution in [1.29, 1.82) is 0 Å². The number of rotatable bonds is 3. The summed E-state index contributed by atoms with van der Waals surface area (Å²) < 4.78 is 0. The Morgan fingerprint density at radius 3 is 2.86 bits per heavy atom. The average Bonchev–Trinajstić information content (AvgIpc) is 2.69. The minimum Gasteiger partial charge on any atom is -0.353 e. The normalized spacial score (nSPS) is 35.4. The maximum absolute atomic E-state index is 11.5. The van der Waals surface area contributed by atoms with Gasteiger partial charge in [-0.2, -0.15) is 0 Å². The molecule has 82 valence electrons. The molecule has 4 nitrogen and oxygen atoms in total. The van der Waals surface area contributed by atoms with E-state index < -0.39 is 0 Å². The Morgan fingerprint density at radius 2 is 2.36 bits per heavy atom. The van der Waals surface area contributed by atoms with E-state index in [2.05, 4.69) is 10.6 Å². The van der Waals surface area contributed by atoms with Crippen LogP contribution in [0.4, 0.5) is 0 Å². The molecule has 2 fully saturated rings. The lowest BCUT2D eigenvalue weighted by Gasteiger charge is -2.14. The van der Waals surface area contributed by atoms with Crippen LogP contribution in [0.3, 0.4) is 0 Å². The van der Waals surface area contributed by atoms with E-state index >= 15 is 0 Å². The maximum atomic E-state index is 11.5. The van der Waals surface area contributed by atoms with Crippen LogP contribution in [-0.4, -0.2) is 30.6 Å². The molecule has 1 heterocycles. The molecule has 1 saturated heterocycles. The third kappa shape index (κ3) is 2.59. The summed E-state index contributed by atoms with van der Waals surface area (Å²) in [7, 11) is 0. The van der Waals surface area contributed by atoms with Gasteiger partial charge in [-0.3, -0.25) is 4.79 Å². The van der Waals surface area contributed by atoms with E-state index in [1.54, 1.807) is 0 Å². The van der Waals surface area contributed by atoms with Gasteiger partial charge < -0.3 is 16.4 Å². The van der Waals surface area contributed by atoms with Gasteiger partial charge in [-0.25, -0.2) is 0 Å². The molecular formula is C9H18ClN3O. The van der Waals surface area contributed by atoms with Crippen LogP contribution in [0.2, 0.25) is 0 Å². The zero-order valence-corrected chi connectivity index (χ0v) is 9.14. The number of fused-ring (bicyclic) bond motifs is 1. The lowest BCUT2D eigenvalue weighted by atomic mass is 10.1. The van der Waals surface area contributed by atoms with Crippen LogP contribution < -0.4 is 16.4 Å². The Balaban J connectivity index is 0.000000980. The number of amides is 1. The third-order valence-corrected chi connectivity index (χ3v) is 2.79. The molecule has 0 spiro atoms. The van der Waals surface area contributed by atoms with Crippen molar-refractivity contribution in [1.82, 2.24) is 10.6 Å². The Kier molecular flexibility index (Phi) is 3.75. The molecule has 14 heavy (non-hydrogen) atoms. The summed E-state index contributed by atoms with van der Waals surface area (Å²) >= 11 is 0. The van der Waals surface area contributed by atoms with Crippen LogP contribution >= 0.6 is 12.4 Å². The summed E-state index contributed by atoms with van der Waals surface area (Å²) in [5.74, 6) is 0.885. The predicted octanol–water partition coefficient (Wildman–Crippen LogP) is -0.378. The molecule has 1 aliphatic carbocycles. The fraction of sp³-hybridized carbons (Fsp3) is 0.889. The van der Waals surface area contributed by atoms with Gasteiger partial charge in [0.25, 0.3) is 0 Å². The van der Waals surface area contributed by atoms with Gasteiger partial charge in [0.1, 0.15) is 0 Å². The van der Waals surface area contributed by atoms with E-state index in [4.69, 9.17) is 5.73 Å². The standard InChI is InChI=1S/C9H17N3O.ClH/c1-5(10)4-11-9(13)8-3-6-2-7(6)12-8;/h5-8,12H,2-4,10H2,1H3,(H,11,13);1H/t5?,6-,7-,8-;/m0./s1. The molecule has 2 aliphatic rings. The molecule has 1 unspecified atom stereocenters. The second-order valence-corrected chi connectivity index (χ2v) is 4.28. The SMILES string of the molecule is CC(N)CNC(=O)[C@@H]1C[C@@H]2C[C@@H]2N1.Cl. The highest BCUT2D eigenvalue weighted by Gasteiger charge is 2.47. The van der Waals surface area contributed by atoms with Gasteiger partial charge in [-0.05, 0) is 25.7 Å². The Morgan fingerprint density at radius 1 is 1.64 bits per heavy atom. The molecule has 1 saturated carbocycles. The van der Waals surface area contributed by atoms with E-state index in [1.165, 1.54) is 6.42 Å². The molecular weight excluding hydrogens is 202 g/mol. The van der Waals surface area contributed by atoms with Crippen molar-refractivity contribution in [2.45, 2.75) is 37.9 Å². The van der Waals surface area contributed by atoms with Crippen molar-refractivity contribution in [3.63, 3.8) is 0 Å². The predicted molar refractivity (Wildman–Crippen MR) is 57.3 cm³/mol. The van der Waals surface area contributed by atoms with E-state index in [9.17, 15) is 4.79 Å². The first kappa shape index (κ1) is 11.8. The summed E-state index contributed by atoms with van der Waals surface area (Å²) in [6, 6.07) is 0.716. The highest BCUT2D eigenvalue weighted by molar-refractivity contribution is 5.85. The van der Waals surface area contributed by atoms with Crippen LogP contribution in [0.5, 0.6) is 0 Å². The van der Waals surface area contributed by atoms with E-state index in [-0.39, 0.29) is 30.4 Å². The third-order valence-electron chi connectivity index (χ3n) is 2.79. The van der Waals surface area contributed by atoms with Crippen molar-refractivity contribution in [3.05, 3.63) is 0 Å². The Labute approximate surface area is 90.4 Å². The van der Waals surface area contributed by atoms with Crippen LogP contribution in [0.15, 0.2) is 0 Å². The van der Waals surface area contributed by atoms with Gasteiger partial charge in [0.05, 0.1) is 6.04 Å². The van der Waals surface area contributed by atoms with Crippen molar-refractivity contribution in [2.75, 3.05) is 6.54 Å². The Hall–Kier alpha value is -0.320. The van der Waals surface area contributed by atoms with Crippen molar-refractivity contribution in [3.8, 4) is 0 Å². The molecule has 4 atom stereocenters. The lowest BCUT2D eigenvalue weighted by molar-refractivity contribution is -0.123. The summed E-state index contributed by atoms with van der Waals surface area (Å²) in [5.41, 5.74) is 5.54. The van der Waals surface area contributed by atoms with Gasteiger partial charge >= 0.3 is 0 Å². The quantitative estimate of drug-likeness (QED) is 0.607. The molecule has 2 rings (SSSR count). The van der Waals surface area contributed by atoms with Crippen molar-refractivity contribution >= 4 is 18.3 Å². The zero-order chi connectivity index (χ0) is 9.42. The van der Waals surface area contributed by atoms with Gasteiger partial charge in [0, 0.05) is 18.6 Å². The molecule has 0 bridgehead atoms. The fourth-order valence-corrected chi connectivity index (χ4v) is 1.91. The molecule has 0 aromatic rings. The van der Waals surface area contributed by atoms with Gasteiger partial charge in [-0.15, -0.1) is 12.4 Å². The van der Waals surface area contributed by atoms with Crippen molar-refractivity contribution in [2.24, 2.45) is 11.7 Å². The summed E-state index contributed by atoms with van der Waals surface area (Å²) in [4.78, 5) is 11.5. The summed E-state index contributed by atoms with van der Waals surface area (Å²) in [5, 5.41) is 6.14. The topological polar surface area (TPSA) is 67.1 Å². The molecule has 0 aromatic carbocycles. The summed E-state index contributed by atoms with van der Waals surface area (Å²) in [6.45, 7) is 2.46. The van der Waals surface area contributed by atoms with Gasteiger partial charge in [0.2, 0.25) is 5.91 Å². The number of hydrogen-bond donors (Lipinski definition) is 3. The van der Waals surface area contributed by atoms with Gasteiger partial charge in [-0.1, -0.05) is 0 Å². The van der Waals surface area contributed by atoms with Gasteiger partial charge in [0.15, 0.2) is 0 Å². The summed E-state index contributed by atoms with van der Waals surface area (Å²) in [6.07, 6.45) is 2.27. The second kappa shape index (κ2) is 4.47.